The topological polar surface area (TPSA) is 76.7 Å². The molecule has 0 bridgehead atoms. The van der Waals surface area contributed by atoms with Gasteiger partial charge < -0.3 is 10.5 Å². The van der Waals surface area contributed by atoms with Gasteiger partial charge in [-0.1, -0.05) is 17.7 Å². The Morgan fingerprint density at radius 2 is 2.05 bits per heavy atom. The smallest absolute Gasteiger partial charge is 0.332 e. The molecule has 114 valence electrons. The lowest BCUT2D eigenvalue weighted by atomic mass is 10.2. The molecule has 0 heterocycles. The van der Waals surface area contributed by atoms with Gasteiger partial charge in [0, 0.05) is 0 Å². The van der Waals surface area contributed by atoms with E-state index in [4.69, 9.17) is 22.1 Å². The Morgan fingerprint density at radius 1 is 1.32 bits per heavy atom. The van der Waals surface area contributed by atoms with Crippen molar-refractivity contribution in [3.63, 3.8) is 0 Å². The van der Waals surface area contributed by atoms with E-state index in [2.05, 4.69) is 10.5 Å². The van der Waals surface area contributed by atoms with Crippen molar-refractivity contribution in [3.8, 4) is 5.75 Å². The number of nitrogens with one attached hydrogen (secondary N) is 1. The number of ether oxygens (including phenoxy) is 1. The second kappa shape index (κ2) is 7.42. The lowest BCUT2D eigenvalue weighted by Gasteiger charge is -2.07. The van der Waals surface area contributed by atoms with Gasteiger partial charge in [-0.25, -0.2) is 14.6 Å². The number of benzene rings is 2. The molecule has 0 aliphatic heterocycles. The van der Waals surface area contributed by atoms with Crippen molar-refractivity contribution >= 4 is 23.8 Å². The number of hydrazone groups is 1. The Morgan fingerprint density at radius 3 is 2.68 bits per heavy atom. The van der Waals surface area contributed by atoms with Gasteiger partial charge in [-0.2, -0.15) is 5.10 Å². The lowest BCUT2D eigenvalue weighted by molar-refractivity contribution is 0.249. The molecule has 0 atom stereocenters. The number of carbonyl (C=O) groups excluding carboxylic acids is 1. The summed E-state index contributed by atoms with van der Waals surface area (Å²) in [6.45, 7) is 0.227. The predicted octanol–water partition coefficient (Wildman–Crippen LogP) is 3.06. The molecule has 0 aliphatic carbocycles. The normalized spacial score (nSPS) is 10.6. The first-order valence-electron chi connectivity index (χ1n) is 6.30. The number of hydrogen-bond acceptors (Lipinski definition) is 3. The molecule has 2 aromatic carbocycles. The maximum atomic E-state index is 13.3. The first kappa shape index (κ1) is 15.8. The van der Waals surface area contributed by atoms with Crippen LogP contribution in [0.2, 0.25) is 5.02 Å². The summed E-state index contributed by atoms with van der Waals surface area (Å²) < 4.78 is 18.8. The molecule has 3 N–H and O–H groups in total. The highest BCUT2D eigenvalue weighted by atomic mass is 35.5. The molecule has 0 aliphatic rings. The van der Waals surface area contributed by atoms with Crippen LogP contribution in [-0.4, -0.2) is 12.2 Å². The molecule has 0 aromatic heterocycles. The van der Waals surface area contributed by atoms with E-state index >= 15 is 0 Å². The van der Waals surface area contributed by atoms with Crippen LogP contribution in [0.5, 0.6) is 5.75 Å². The Balaban J connectivity index is 1.92. The molecule has 2 aromatic rings. The van der Waals surface area contributed by atoms with E-state index in [1.165, 1.54) is 18.3 Å². The predicted molar refractivity (Wildman–Crippen MR) is 82.5 cm³/mol. The Hall–Kier alpha value is -2.60. The summed E-state index contributed by atoms with van der Waals surface area (Å²) >= 11 is 5.61. The van der Waals surface area contributed by atoms with Crippen molar-refractivity contribution < 1.29 is 13.9 Å². The van der Waals surface area contributed by atoms with Gasteiger partial charge in [0.2, 0.25) is 0 Å². The largest absolute Gasteiger partial charge is 0.489 e. The fourth-order valence-corrected chi connectivity index (χ4v) is 1.73. The zero-order chi connectivity index (χ0) is 15.9. The van der Waals surface area contributed by atoms with Crippen LogP contribution in [0, 0.1) is 5.82 Å². The number of amides is 2. The molecule has 0 saturated heterocycles. The van der Waals surface area contributed by atoms with Gasteiger partial charge in [0.25, 0.3) is 0 Å². The number of halogens is 2. The molecule has 0 unspecified atom stereocenters. The third kappa shape index (κ3) is 4.75. The number of urea groups is 1. The van der Waals surface area contributed by atoms with Crippen molar-refractivity contribution in [2.75, 3.05) is 0 Å². The third-order valence-corrected chi connectivity index (χ3v) is 2.96. The molecule has 7 heteroatoms. The highest BCUT2D eigenvalue weighted by Crippen LogP contribution is 2.18. The van der Waals surface area contributed by atoms with Gasteiger partial charge in [-0.15, -0.1) is 0 Å². The molecule has 0 saturated carbocycles. The average molecular weight is 322 g/mol. The van der Waals surface area contributed by atoms with Crippen LogP contribution in [0.15, 0.2) is 47.6 Å². The average Bonchev–Trinajstić information content (AvgIpc) is 2.49. The summed E-state index contributed by atoms with van der Waals surface area (Å²) in [5, 5.41) is 3.72. The Kier molecular flexibility index (Phi) is 5.32. The number of primary amides is 1. The van der Waals surface area contributed by atoms with Crippen LogP contribution in [0.1, 0.15) is 11.1 Å². The fourth-order valence-electron chi connectivity index (χ4n) is 1.62. The minimum atomic E-state index is -0.730. The fraction of sp³-hybridized carbons (Fsp3) is 0.0667. The van der Waals surface area contributed by atoms with E-state index < -0.39 is 11.8 Å². The van der Waals surface area contributed by atoms with E-state index in [0.717, 1.165) is 5.56 Å². The molecule has 2 amide bonds. The maximum absolute atomic E-state index is 13.3. The minimum Gasteiger partial charge on any atom is -0.489 e. The third-order valence-electron chi connectivity index (χ3n) is 2.66. The number of nitrogens with two attached hydrogens (primary N) is 1. The first-order valence-corrected chi connectivity index (χ1v) is 6.67. The molecular weight excluding hydrogens is 309 g/mol. The molecule has 2 rings (SSSR count). The van der Waals surface area contributed by atoms with Crippen LogP contribution >= 0.6 is 11.6 Å². The van der Waals surface area contributed by atoms with Crippen LogP contribution < -0.4 is 15.9 Å². The summed E-state index contributed by atoms with van der Waals surface area (Å²) in [4.78, 5) is 10.5. The quantitative estimate of drug-likeness (QED) is 0.656. The highest BCUT2D eigenvalue weighted by molar-refractivity contribution is 6.30. The molecule has 0 radical (unpaired) electrons. The van der Waals surface area contributed by atoms with Crippen molar-refractivity contribution in [2.45, 2.75) is 6.61 Å². The van der Waals surface area contributed by atoms with Gasteiger partial charge in [-0.05, 0) is 47.5 Å². The van der Waals surface area contributed by atoms with E-state index in [-0.39, 0.29) is 11.6 Å². The van der Waals surface area contributed by atoms with Crippen molar-refractivity contribution in [1.29, 1.82) is 0 Å². The summed E-state index contributed by atoms with van der Waals surface area (Å²) in [5.74, 6) is 0.145. The van der Waals surface area contributed by atoms with Crippen molar-refractivity contribution in [1.82, 2.24) is 5.43 Å². The van der Waals surface area contributed by atoms with Crippen LogP contribution in [0.25, 0.3) is 0 Å². The summed E-state index contributed by atoms with van der Waals surface area (Å²) in [5.41, 5.74) is 8.41. The summed E-state index contributed by atoms with van der Waals surface area (Å²) in [6, 6.07) is 10.8. The number of rotatable bonds is 5. The van der Waals surface area contributed by atoms with Gasteiger partial charge in [0.15, 0.2) is 0 Å². The van der Waals surface area contributed by atoms with Crippen molar-refractivity contribution in [3.05, 3.63) is 64.4 Å². The lowest BCUT2D eigenvalue weighted by Crippen LogP contribution is -2.24. The first-order chi connectivity index (χ1) is 10.5. The second-order valence-electron chi connectivity index (χ2n) is 4.34. The molecule has 0 fully saturated rings. The Bertz CT molecular complexity index is 690. The summed E-state index contributed by atoms with van der Waals surface area (Å²) in [7, 11) is 0. The molecular formula is C15H13ClFN3O2. The number of hydrogen-bond donors (Lipinski definition) is 2. The van der Waals surface area contributed by atoms with Gasteiger partial charge in [0.1, 0.15) is 18.2 Å². The number of nitrogens with zero attached hydrogens (tertiary/aromatic N) is 1. The van der Waals surface area contributed by atoms with E-state index in [1.54, 1.807) is 30.3 Å². The van der Waals surface area contributed by atoms with Gasteiger partial charge in [0.05, 0.1) is 11.2 Å². The van der Waals surface area contributed by atoms with Crippen molar-refractivity contribution in [2.24, 2.45) is 10.8 Å². The van der Waals surface area contributed by atoms with Crippen LogP contribution in [0.4, 0.5) is 9.18 Å². The monoisotopic (exact) mass is 321 g/mol. The van der Waals surface area contributed by atoms with E-state index in [0.29, 0.717) is 11.3 Å². The highest BCUT2D eigenvalue weighted by Gasteiger charge is 2.02. The van der Waals surface area contributed by atoms with Gasteiger partial charge in [-0.3, -0.25) is 0 Å². The second-order valence-corrected chi connectivity index (χ2v) is 4.75. The standard InChI is InChI=1S/C15H13ClFN3O2/c16-13-6-3-11(7-14(13)17)9-22-12-4-1-10(2-5-12)8-19-20-15(18)21/h1-8H,9H2,(H3,18,20,21). The molecule has 0 spiro atoms. The minimum absolute atomic E-state index is 0.0805. The molecule has 22 heavy (non-hydrogen) atoms. The van der Waals surface area contributed by atoms with Gasteiger partial charge >= 0.3 is 6.03 Å². The van der Waals surface area contributed by atoms with E-state index in [9.17, 15) is 9.18 Å². The Labute approximate surface area is 131 Å². The van der Waals surface area contributed by atoms with Crippen LogP contribution in [0.3, 0.4) is 0 Å². The number of carbonyl (C=O) groups is 1. The summed E-state index contributed by atoms with van der Waals surface area (Å²) in [6.07, 6.45) is 1.45. The van der Waals surface area contributed by atoms with Crippen LogP contribution in [-0.2, 0) is 6.61 Å². The SMILES string of the molecule is NC(=O)NN=Cc1ccc(OCc2ccc(Cl)c(F)c2)cc1. The maximum Gasteiger partial charge on any atom is 0.332 e. The zero-order valence-electron chi connectivity index (χ0n) is 11.4. The zero-order valence-corrected chi connectivity index (χ0v) is 12.2. The molecule has 5 nitrogen and oxygen atoms in total. The van der Waals surface area contributed by atoms with E-state index in [1.807, 2.05) is 0 Å².